The van der Waals surface area contributed by atoms with Crippen LogP contribution in [0, 0.1) is 0 Å². The van der Waals surface area contributed by atoms with E-state index in [0.29, 0.717) is 0 Å². The van der Waals surface area contributed by atoms with E-state index in [9.17, 15) is 4.79 Å². The van der Waals surface area contributed by atoms with E-state index in [0.717, 1.165) is 22.0 Å². The summed E-state index contributed by atoms with van der Waals surface area (Å²) in [6.45, 7) is 0. The molecule has 0 radical (unpaired) electrons. The summed E-state index contributed by atoms with van der Waals surface area (Å²) in [6.07, 6.45) is 3.07. The molecule has 0 spiro atoms. The van der Waals surface area contributed by atoms with E-state index in [1.807, 2.05) is 12.1 Å². The summed E-state index contributed by atoms with van der Waals surface area (Å²) in [6, 6.07) is 3.69. The Balaban J connectivity index is 0. The summed E-state index contributed by atoms with van der Waals surface area (Å²) in [5.41, 5.74) is 1.64. The third-order valence-corrected chi connectivity index (χ3v) is 2.08. The summed E-state index contributed by atoms with van der Waals surface area (Å²) >= 11 is 0. The van der Waals surface area contributed by atoms with Crippen LogP contribution in [0.25, 0.3) is 6.08 Å². The van der Waals surface area contributed by atoms with E-state index in [2.05, 4.69) is 15.3 Å². The molecule has 9 N–H and O–H groups in total. The highest BCUT2D eigenvalue weighted by Crippen LogP contribution is 2.10. The second-order valence-corrected chi connectivity index (χ2v) is 2.94. The lowest BCUT2D eigenvalue weighted by Crippen LogP contribution is -2.09. The fourth-order valence-corrected chi connectivity index (χ4v) is 1.49. The predicted molar refractivity (Wildman–Crippen MR) is 62.9 cm³/mol. The standard InChI is InChI=1S/C9H5N3O.4H2O/c13-9-2-5-1-7-8(11-4-10-7)3-6(5)12-9;;;;/h1-4H,(H,12,13);4*1H2. The Labute approximate surface area is 95.3 Å². The van der Waals surface area contributed by atoms with Crippen LogP contribution < -0.4 is 15.9 Å². The Morgan fingerprint density at radius 3 is 2.47 bits per heavy atom. The van der Waals surface area contributed by atoms with Crippen LogP contribution in [0.1, 0.15) is 0 Å². The highest BCUT2D eigenvalue weighted by Gasteiger charge is 2.11. The number of rotatable bonds is 0. The zero-order valence-corrected chi connectivity index (χ0v) is 8.61. The van der Waals surface area contributed by atoms with Crippen molar-refractivity contribution in [2.75, 3.05) is 5.32 Å². The number of amides is 1. The quantitative estimate of drug-likeness (QED) is 0.486. The van der Waals surface area contributed by atoms with Crippen molar-refractivity contribution in [3.63, 3.8) is 0 Å². The van der Waals surface area contributed by atoms with Gasteiger partial charge in [0.1, 0.15) is 6.34 Å². The van der Waals surface area contributed by atoms with E-state index < -0.39 is 0 Å². The normalized spacial score (nSPS) is 12.1. The molecule has 0 unspecified atom stereocenters. The maximum absolute atomic E-state index is 11.0. The van der Waals surface area contributed by atoms with E-state index in [4.69, 9.17) is 0 Å². The van der Waals surface area contributed by atoms with Crippen LogP contribution in [0.3, 0.4) is 0 Å². The van der Waals surface area contributed by atoms with E-state index in [1.54, 1.807) is 6.08 Å². The maximum atomic E-state index is 11.0. The fourth-order valence-electron chi connectivity index (χ4n) is 1.49. The van der Waals surface area contributed by atoms with E-state index in [1.165, 1.54) is 6.34 Å². The first kappa shape index (κ1) is 17.3. The van der Waals surface area contributed by atoms with Crippen LogP contribution in [0.15, 0.2) is 22.1 Å². The zero-order chi connectivity index (χ0) is 8.84. The number of nitrogens with zero attached hydrogens (tertiary/aromatic N) is 2. The second-order valence-electron chi connectivity index (χ2n) is 2.94. The molecule has 0 saturated carbocycles. The molecule has 2 aliphatic rings. The molecule has 94 valence electrons. The van der Waals surface area contributed by atoms with Crippen molar-refractivity contribution in [1.29, 1.82) is 0 Å². The number of hydrogen-bond acceptors (Lipinski definition) is 3. The van der Waals surface area contributed by atoms with Gasteiger partial charge in [-0.1, -0.05) is 0 Å². The first-order valence-corrected chi connectivity index (χ1v) is 3.90. The minimum atomic E-state index is -0.0809. The lowest BCUT2D eigenvalue weighted by Gasteiger charge is -1.95. The average molecular weight is 243 g/mol. The van der Waals surface area contributed by atoms with Gasteiger partial charge in [0, 0.05) is 11.3 Å². The molecule has 2 aliphatic heterocycles. The van der Waals surface area contributed by atoms with Crippen molar-refractivity contribution >= 4 is 29.7 Å². The number of aliphatic imine (C=N–C) groups is 1. The minimum absolute atomic E-state index is 0. The number of fused-ring (bicyclic) bond motifs is 2. The van der Waals surface area contributed by atoms with Crippen molar-refractivity contribution in [1.82, 2.24) is 0 Å². The lowest BCUT2D eigenvalue weighted by atomic mass is 10.2. The van der Waals surface area contributed by atoms with Crippen molar-refractivity contribution in [3.05, 3.63) is 22.7 Å². The molecule has 0 fully saturated rings. The van der Waals surface area contributed by atoms with Crippen molar-refractivity contribution in [2.24, 2.45) is 9.98 Å². The molecule has 0 bridgehead atoms. The first-order chi connectivity index (χ1) is 6.33. The Hall–Kier alpha value is -2.13. The molecule has 0 aromatic heterocycles. The van der Waals surface area contributed by atoms with Gasteiger partial charge in [0.05, 0.1) is 16.7 Å². The van der Waals surface area contributed by atoms with Crippen LogP contribution in [-0.4, -0.2) is 34.2 Å². The molecule has 2 heterocycles. The Kier molecular flexibility index (Phi) is 5.91. The van der Waals surface area contributed by atoms with Gasteiger partial charge >= 0.3 is 0 Å². The Morgan fingerprint density at radius 2 is 1.76 bits per heavy atom. The van der Waals surface area contributed by atoms with Crippen molar-refractivity contribution < 1.29 is 26.7 Å². The van der Waals surface area contributed by atoms with Gasteiger partial charge in [-0.05, 0) is 12.1 Å². The average Bonchev–Trinajstić information content (AvgIpc) is 2.63. The monoisotopic (exact) mass is 243 g/mol. The fraction of sp³-hybridized carbons (Fsp3) is 0. The third kappa shape index (κ3) is 2.52. The molecular weight excluding hydrogens is 230 g/mol. The molecule has 0 atom stereocenters. The van der Waals surface area contributed by atoms with Crippen LogP contribution in [0.4, 0.5) is 11.4 Å². The number of nitrogens with one attached hydrogen (secondary N) is 1. The summed E-state index contributed by atoms with van der Waals surface area (Å²) < 4.78 is 0. The minimum Gasteiger partial charge on any atom is -0.412 e. The maximum Gasteiger partial charge on any atom is 0.249 e. The lowest BCUT2D eigenvalue weighted by molar-refractivity contribution is -0.110. The Bertz CT molecular complexity index is 567. The van der Waals surface area contributed by atoms with Gasteiger partial charge < -0.3 is 27.2 Å². The van der Waals surface area contributed by atoms with Crippen LogP contribution >= 0.6 is 0 Å². The molecule has 1 amide bonds. The summed E-state index contributed by atoms with van der Waals surface area (Å²) in [5, 5.41) is 4.42. The topological polar surface area (TPSA) is 180 Å². The van der Waals surface area contributed by atoms with Gasteiger partial charge in [-0.3, -0.25) is 4.79 Å². The smallest absolute Gasteiger partial charge is 0.249 e. The van der Waals surface area contributed by atoms with Gasteiger partial charge in [-0.25, -0.2) is 9.98 Å². The number of carbonyl (C=O) groups excluding carboxylic acids is 1. The van der Waals surface area contributed by atoms with Gasteiger partial charge in [0.15, 0.2) is 0 Å². The van der Waals surface area contributed by atoms with Gasteiger partial charge in [0.25, 0.3) is 0 Å². The first-order valence-electron chi connectivity index (χ1n) is 3.90. The highest BCUT2D eigenvalue weighted by atomic mass is 16.1. The summed E-state index contributed by atoms with van der Waals surface area (Å²) in [7, 11) is 0. The van der Waals surface area contributed by atoms with Crippen LogP contribution in [0.2, 0.25) is 0 Å². The molecular formula is C9H13N3O5. The third-order valence-electron chi connectivity index (χ3n) is 2.08. The summed E-state index contributed by atoms with van der Waals surface area (Å²) in [4.78, 5) is 19.1. The molecule has 8 heteroatoms. The molecule has 0 saturated heterocycles. The van der Waals surface area contributed by atoms with Gasteiger partial charge in [-0.15, -0.1) is 0 Å². The van der Waals surface area contributed by atoms with Gasteiger partial charge in [-0.2, -0.15) is 0 Å². The van der Waals surface area contributed by atoms with Crippen molar-refractivity contribution in [2.45, 2.75) is 0 Å². The molecule has 8 nitrogen and oxygen atoms in total. The molecule has 3 rings (SSSR count). The second kappa shape index (κ2) is 5.82. The summed E-state index contributed by atoms with van der Waals surface area (Å²) in [5.74, 6) is -0.0809. The number of benzene rings is 1. The molecule has 17 heavy (non-hydrogen) atoms. The van der Waals surface area contributed by atoms with Crippen molar-refractivity contribution in [3.8, 4) is 0 Å². The van der Waals surface area contributed by atoms with E-state index in [-0.39, 0.29) is 27.8 Å². The van der Waals surface area contributed by atoms with Crippen LogP contribution in [-0.2, 0) is 4.79 Å². The molecule has 1 aromatic rings. The predicted octanol–water partition coefficient (Wildman–Crippen LogP) is -3.59. The number of carbonyl (C=O) groups is 1. The Morgan fingerprint density at radius 1 is 1.06 bits per heavy atom. The largest absolute Gasteiger partial charge is 0.412 e. The SMILES string of the molecule is O.O.O.O.O=C1C=c2cc3c(cc2N1)=NC=N3. The van der Waals surface area contributed by atoms with Gasteiger partial charge in [0.2, 0.25) is 5.91 Å². The number of hydrogen-bond donors (Lipinski definition) is 1. The van der Waals surface area contributed by atoms with E-state index >= 15 is 0 Å². The van der Waals surface area contributed by atoms with Crippen LogP contribution in [0.5, 0.6) is 0 Å². The zero-order valence-electron chi connectivity index (χ0n) is 8.61. The highest BCUT2D eigenvalue weighted by molar-refractivity contribution is 6.16. The molecule has 1 aromatic carbocycles. The number of anilines is 1. The molecule has 0 aliphatic carbocycles.